The van der Waals surface area contributed by atoms with Crippen molar-refractivity contribution in [3.63, 3.8) is 0 Å². The predicted octanol–water partition coefficient (Wildman–Crippen LogP) is 3.00. The Morgan fingerprint density at radius 2 is 1.67 bits per heavy atom. The van der Waals surface area contributed by atoms with Gasteiger partial charge in [-0.1, -0.05) is 13.8 Å². The second kappa shape index (κ2) is 4.12. The third-order valence-electron chi connectivity index (χ3n) is 1.88. The molecule has 0 heterocycles. The average Bonchev–Trinajstić information content (AvgIpc) is 2.73. The molecule has 4 heteroatoms. The predicted molar refractivity (Wildman–Crippen MR) is 40.9 cm³/mol. The molecule has 1 nitrogen and oxygen atoms in total. The van der Waals surface area contributed by atoms with Crippen molar-refractivity contribution in [2.75, 3.05) is 13.7 Å². The van der Waals surface area contributed by atoms with Gasteiger partial charge in [-0.05, 0) is 12.8 Å². The Balaban J connectivity index is 0.000000561. The van der Waals surface area contributed by atoms with Gasteiger partial charge in [0.15, 0.2) is 0 Å². The van der Waals surface area contributed by atoms with E-state index in [0.717, 1.165) is 0 Å². The first-order valence-corrected chi connectivity index (χ1v) is 4.07. The molecule has 0 aromatic carbocycles. The molecule has 1 saturated carbocycles. The van der Waals surface area contributed by atoms with Crippen molar-refractivity contribution in [3.05, 3.63) is 0 Å². The fourth-order valence-corrected chi connectivity index (χ4v) is 0.937. The zero-order chi connectivity index (χ0) is 9.83. The third kappa shape index (κ3) is 2.37. The Morgan fingerprint density at radius 1 is 1.25 bits per heavy atom. The summed E-state index contributed by atoms with van der Waals surface area (Å²) in [4.78, 5) is 0. The molecule has 0 aliphatic heterocycles. The van der Waals surface area contributed by atoms with Crippen molar-refractivity contribution >= 4 is 0 Å². The highest BCUT2D eigenvalue weighted by atomic mass is 19.4. The second-order valence-corrected chi connectivity index (χ2v) is 2.71. The minimum Gasteiger partial charge on any atom is -0.384 e. The Labute approximate surface area is 70.9 Å². The molecule has 1 aliphatic rings. The van der Waals surface area contributed by atoms with Crippen LogP contribution < -0.4 is 0 Å². The van der Waals surface area contributed by atoms with Crippen LogP contribution in [0.15, 0.2) is 0 Å². The summed E-state index contributed by atoms with van der Waals surface area (Å²) in [5.41, 5.74) is -1.48. The van der Waals surface area contributed by atoms with Crippen molar-refractivity contribution in [2.45, 2.75) is 32.9 Å². The third-order valence-corrected chi connectivity index (χ3v) is 1.88. The molecule has 12 heavy (non-hydrogen) atoms. The molecule has 0 atom stereocenters. The van der Waals surface area contributed by atoms with Crippen LogP contribution in [0.2, 0.25) is 0 Å². The van der Waals surface area contributed by atoms with Crippen molar-refractivity contribution in [2.24, 2.45) is 5.41 Å². The lowest BCUT2D eigenvalue weighted by molar-refractivity contribution is -0.199. The molecule has 0 aromatic heterocycles. The maximum Gasteiger partial charge on any atom is 0.396 e. The van der Waals surface area contributed by atoms with Crippen molar-refractivity contribution in [3.8, 4) is 0 Å². The zero-order valence-electron chi connectivity index (χ0n) is 7.66. The van der Waals surface area contributed by atoms with Gasteiger partial charge in [0.2, 0.25) is 0 Å². The van der Waals surface area contributed by atoms with Gasteiger partial charge in [0.25, 0.3) is 0 Å². The first-order chi connectivity index (χ1) is 5.52. The lowest BCUT2D eigenvalue weighted by atomic mass is 10.1. The Bertz CT molecular complexity index is 127. The molecule has 74 valence electrons. The summed E-state index contributed by atoms with van der Waals surface area (Å²) in [6.45, 7) is 3.82. The van der Waals surface area contributed by atoms with E-state index in [-0.39, 0.29) is 19.4 Å². The average molecular weight is 184 g/mol. The quantitative estimate of drug-likeness (QED) is 0.641. The maximum absolute atomic E-state index is 12.0. The van der Waals surface area contributed by atoms with Gasteiger partial charge >= 0.3 is 6.18 Å². The highest BCUT2D eigenvalue weighted by Crippen LogP contribution is 2.57. The minimum absolute atomic E-state index is 0.184. The van der Waals surface area contributed by atoms with Gasteiger partial charge in [-0.2, -0.15) is 13.2 Å². The van der Waals surface area contributed by atoms with Crippen LogP contribution in [-0.2, 0) is 4.74 Å². The number of hydrogen-bond donors (Lipinski definition) is 0. The molecule has 1 fully saturated rings. The van der Waals surface area contributed by atoms with E-state index in [1.807, 2.05) is 13.8 Å². The van der Waals surface area contributed by atoms with Gasteiger partial charge in [0.1, 0.15) is 0 Å². The molecule has 1 rings (SSSR count). The van der Waals surface area contributed by atoms with E-state index in [1.165, 1.54) is 7.11 Å². The molecule has 0 aromatic rings. The van der Waals surface area contributed by atoms with Gasteiger partial charge in [-0.3, -0.25) is 0 Å². The molecule has 1 aliphatic carbocycles. The highest BCUT2D eigenvalue weighted by Gasteiger charge is 2.63. The molecule has 0 amide bonds. The van der Waals surface area contributed by atoms with E-state index in [4.69, 9.17) is 0 Å². The van der Waals surface area contributed by atoms with Crippen LogP contribution in [0.4, 0.5) is 13.2 Å². The van der Waals surface area contributed by atoms with Gasteiger partial charge in [0.05, 0.1) is 12.0 Å². The lowest BCUT2D eigenvalue weighted by Gasteiger charge is -2.17. The fourth-order valence-electron chi connectivity index (χ4n) is 0.937. The molecule has 0 saturated heterocycles. The van der Waals surface area contributed by atoms with E-state index < -0.39 is 11.6 Å². The van der Waals surface area contributed by atoms with Gasteiger partial charge in [-0.15, -0.1) is 0 Å². The van der Waals surface area contributed by atoms with E-state index >= 15 is 0 Å². The summed E-state index contributed by atoms with van der Waals surface area (Å²) in [7, 11) is 1.30. The molecule has 0 unspecified atom stereocenters. The smallest absolute Gasteiger partial charge is 0.384 e. The van der Waals surface area contributed by atoms with Crippen LogP contribution in [0.5, 0.6) is 0 Å². The Hall–Kier alpha value is -0.250. The summed E-state index contributed by atoms with van der Waals surface area (Å²) in [6, 6.07) is 0. The normalized spacial score (nSPS) is 19.5. The summed E-state index contributed by atoms with van der Waals surface area (Å²) in [5.74, 6) is 0. The number of alkyl halides is 3. The van der Waals surface area contributed by atoms with Crippen LogP contribution in [0.1, 0.15) is 26.7 Å². The lowest BCUT2D eigenvalue weighted by Crippen LogP contribution is -2.28. The van der Waals surface area contributed by atoms with Crippen LogP contribution in [0.3, 0.4) is 0 Å². The molecular weight excluding hydrogens is 169 g/mol. The first kappa shape index (κ1) is 11.8. The summed E-state index contributed by atoms with van der Waals surface area (Å²) >= 11 is 0. The summed E-state index contributed by atoms with van der Waals surface area (Å²) in [6.07, 6.45) is -3.61. The number of methoxy groups -OCH3 is 1. The van der Waals surface area contributed by atoms with Crippen molar-refractivity contribution < 1.29 is 17.9 Å². The number of ether oxygens (including phenoxy) is 1. The number of rotatable bonds is 2. The Kier molecular flexibility index (Phi) is 4.03. The molecule has 0 bridgehead atoms. The second-order valence-electron chi connectivity index (χ2n) is 2.71. The van der Waals surface area contributed by atoms with E-state index in [1.54, 1.807) is 0 Å². The summed E-state index contributed by atoms with van der Waals surface area (Å²) in [5, 5.41) is 0. The minimum atomic E-state index is -4.07. The number of halogens is 3. The van der Waals surface area contributed by atoms with Crippen LogP contribution >= 0.6 is 0 Å². The standard InChI is InChI=1S/C6H9F3O.C2H6/c1-10-4-5(2-3-5)6(7,8)9;1-2/h2-4H2,1H3;1-2H3. The van der Waals surface area contributed by atoms with Crippen LogP contribution in [-0.4, -0.2) is 19.9 Å². The molecule has 0 N–H and O–H groups in total. The first-order valence-electron chi connectivity index (χ1n) is 4.07. The van der Waals surface area contributed by atoms with E-state index in [0.29, 0.717) is 0 Å². The van der Waals surface area contributed by atoms with Crippen molar-refractivity contribution in [1.82, 2.24) is 0 Å². The van der Waals surface area contributed by atoms with Gasteiger partial charge < -0.3 is 4.74 Å². The molecule has 0 spiro atoms. The SMILES string of the molecule is CC.COCC1(C(F)(F)F)CC1. The topological polar surface area (TPSA) is 9.23 Å². The van der Waals surface area contributed by atoms with Crippen LogP contribution in [0, 0.1) is 5.41 Å². The largest absolute Gasteiger partial charge is 0.396 e. The number of hydrogen-bond acceptors (Lipinski definition) is 1. The Morgan fingerprint density at radius 3 is 1.75 bits per heavy atom. The fraction of sp³-hybridized carbons (Fsp3) is 1.00. The molecule has 0 radical (unpaired) electrons. The maximum atomic E-state index is 12.0. The van der Waals surface area contributed by atoms with E-state index in [9.17, 15) is 13.2 Å². The monoisotopic (exact) mass is 184 g/mol. The van der Waals surface area contributed by atoms with Crippen molar-refractivity contribution in [1.29, 1.82) is 0 Å². The van der Waals surface area contributed by atoms with E-state index in [2.05, 4.69) is 4.74 Å². The molecular formula is C8H15F3O. The highest BCUT2D eigenvalue weighted by molar-refractivity contribution is 4.98. The zero-order valence-corrected chi connectivity index (χ0v) is 7.66. The van der Waals surface area contributed by atoms with Gasteiger partial charge in [-0.25, -0.2) is 0 Å². The van der Waals surface area contributed by atoms with Gasteiger partial charge in [0, 0.05) is 7.11 Å². The van der Waals surface area contributed by atoms with Crippen LogP contribution in [0.25, 0.3) is 0 Å². The summed E-state index contributed by atoms with van der Waals surface area (Å²) < 4.78 is 40.5.